The molecule has 1 aliphatic carbocycles. The zero-order chi connectivity index (χ0) is 12.6. The molecule has 1 rings (SSSR count). The molecule has 2 N–H and O–H groups in total. The Morgan fingerprint density at radius 2 is 1.88 bits per heavy atom. The standard InChI is InChI=1S/C13H28N2O2/c1-3-15(8-9-17-11-10-16-2)13(12-14)6-4-5-7-13/h3-12,14H2,1-2H3. The second-order valence-corrected chi connectivity index (χ2v) is 4.82. The molecule has 4 nitrogen and oxygen atoms in total. The monoisotopic (exact) mass is 244 g/mol. The van der Waals surface area contributed by atoms with Crippen molar-refractivity contribution in [3.05, 3.63) is 0 Å². The molecule has 17 heavy (non-hydrogen) atoms. The summed E-state index contributed by atoms with van der Waals surface area (Å²) in [6, 6.07) is 0. The lowest BCUT2D eigenvalue weighted by Crippen LogP contribution is -2.53. The lowest BCUT2D eigenvalue weighted by Gasteiger charge is -2.40. The highest BCUT2D eigenvalue weighted by atomic mass is 16.5. The lowest BCUT2D eigenvalue weighted by atomic mass is 9.95. The van der Waals surface area contributed by atoms with Crippen LogP contribution in [0.1, 0.15) is 32.6 Å². The lowest BCUT2D eigenvalue weighted by molar-refractivity contribution is 0.0304. The van der Waals surface area contributed by atoms with Gasteiger partial charge in [0.25, 0.3) is 0 Å². The Morgan fingerprint density at radius 3 is 2.41 bits per heavy atom. The third-order valence-electron chi connectivity index (χ3n) is 3.90. The molecule has 0 amide bonds. The molecule has 0 aromatic carbocycles. The van der Waals surface area contributed by atoms with Crippen molar-refractivity contribution in [1.29, 1.82) is 0 Å². The summed E-state index contributed by atoms with van der Waals surface area (Å²) in [6.07, 6.45) is 5.13. The highest BCUT2D eigenvalue weighted by molar-refractivity contribution is 4.95. The van der Waals surface area contributed by atoms with Crippen LogP contribution in [0.3, 0.4) is 0 Å². The van der Waals surface area contributed by atoms with E-state index in [4.69, 9.17) is 15.2 Å². The molecule has 102 valence electrons. The summed E-state index contributed by atoms with van der Waals surface area (Å²) < 4.78 is 10.5. The van der Waals surface area contributed by atoms with Crippen LogP contribution in [0.4, 0.5) is 0 Å². The molecule has 0 radical (unpaired) electrons. The second kappa shape index (κ2) is 8.03. The normalized spacial score (nSPS) is 19.1. The van der Waals surface area contributed by atoms with Gasteiger partial charge in [-0.15, -0.1) is 0 Å². The molecule has 0 unspecified atom stereocenters. The first kappa shape index (κ1) is 14.9. The molecule has 0 bridgehead atoms. The van der Waals surface area contributed by atoms with Crippen molar-refractivity contribution in [2.75, 3.05) is 46.6 Å². The minimum atomic E-state index is 0.249. The molecule has 0 atom stereocenters. The van der Waals surface area contributed by atoms with Gasteiger partial charge in [0.1, 0.15) is 0 Å². The van der Waals surface area contributed by atoms with E-state index in [-0.39, 0.29) is 5.54 Å². The van der Waals surface area contributed by atoms with E-state index in [9.17, 15) is 0 Å². The van der Waals surface area contributed by atoms with Crippen molar-refractivity contribution < 1.29 is 9.47 Å². The van der Waals surface area contributed by atoms with Crippen LogP contribution >= 0.6 is 0 Å². The summed E-state index contributed by atoms with van der Waals surface area (Å²) >= 11 is 0. The fraction of sp³-hybridized carbons (Fsp3) is 1.00. The van der Waals surface area contributed by atoms with Gasteiger partial charge >= 0.3 is 0 Å². The maximum Gasteiger partial charge on any atom is 0.0700 e. The number of likely N-dealkylation sites (N-methyl/N-ethyl adjacent to an activating group) is 1. The summed E-state index contributed by atoms with van der Waals surface area (Å²) in [5, 5.41) is 0. The van der Waals surface area contributed by atoms with Gasteiger partial charge in [-0.2, -0.15) is 0 Å². The first-order valence-electron chi connectivity index (χ1n) is 6.81. The number of hydrogen-bond acceptors (Lipinski definition) is 4. The molecule has 4 heteroatoms. The molecule has 1 aliphatic rings. The average molecular weight is 244 g/mol. The van der Waals surface area contributed by atoms with Crippen molar-refractivity contribution in [1.82, 2.24) is 4.90 Å². The number of rotatable bonds is 9. The highest BCUT2D eigenvalue weighted by Crippen LogP contribution is 2.34. The van der Waals surface area contributed by atoms with Gasteiger partial charge in [0.15, 0.2) is 0 Å². The molecule has 0 aromatic heterocycles. The smallest absolute Gasteiger partial charge is 0.0700 e. The fourth-order valence-corrected chi connectivity index (χ4v) is 2.83. The molecule has 1 fully saturated rings. The molecule has 0 spiro atoms. The largest absolute Gasteiger partial charge is 0.382 e. The summed E-state index contributed by atoms with van der Waals surface area (Å²) in [6.45, 7) is 7.17. The number of hydrogen-bond donors (Lipinski definition) is 1. The number of methoxy groups -OCH3 is 1. The van der Waals surface area contributed by atoms with Gasteiger partial charge in [0.05, 0.1) is 19.8 Å². The summed E-state index contributed by atoms with van der Waals surface area (Å²) in [7, 11) is 1.70. The molecule has 0 heterocycles. The first-order chi connectivity index (χ1) is 8.29. The van der Waals surface area contributed by atoms with Gasteiger partial charge in [0, 0.05) is 25.7 Å². The zero-order valence-electron chi connectivity index (χ0n) is 11.4. The zero-order valence-corrected chi connectivity index (χ0v) is 11.4. The van der Waals surface area contributed by atoms with Crippen LogP contribution in [0, 0.1) is 0 Å². The summed E-state index contributed by atoms with van der Waals surface area (Å²) in [5.74, 6) is 0. The third kappa shape index (κ3) is 4.21. The van der Waals surface area contributed by atoms with Crippen LogP contribution < -0.4 is 5.73 Å². The summed E-state index contributed by atoms with van der Waals surface area (Å²) in [4.78, 5) is 2.51. The van der Waals surface area contributed by atoms with E-state index in [0.717, 1.165) is 26.2 Å². The van der Waals surface area contributed by atoms with Crippen molar-refractivity contribution in [2.45, 2.75) is 38.1 Å². The SMILES string of the molecule is CCN(CCOCCOC)C1(CN)CCCC1. The Morgan fingerprint density at radius 1 is 1.18 bits per heavy atom. The Balaban J connectivity index is 2.31. The van der Waals surface area contributed by atoms with Crippen LogP contribution in [0.5, 0.6) is 0 Å². The minimum Gasteiger partial charge on any atom is -0.382 e. The van der Waals surface area contributed by atoms with Crippen molar-refractivity contribution in [2.24, 2.45) is 5.73 Å². The van der Waals surface area contributed by atoms with Gasteiger partial charge < -0.3 is 15.2 Å². The van der Waals surface area contributed by atoms with Crippen molar-refractivity contribution in [3.8, 4) is 0 Å². The topological polar surface area (TPSA) is 47.7 Å². The van der Waals surface area contributed by atoms with Crippen LogP contribution in [-0.2, 0) is 9.47 Å². The van der Waals surface area contributed by atoms with Gasteiger partial charge in [-0.25, -0.2) is 0 Å². The van der Waals surface area contributed by atoms with E-state index in [1.54, 1.807) is 7.11 Å². The molecule has 0 saturated heterocycles. The number of ether oxygens (including phenoxy) is 2. The fourth-order valence-electron chi connectivity index (χ4n) is 2.83. The van der Waals surface area contributed by atoms with Gasteiger partial charge in [-0.1, -0.05) is 19.8 Å². The average Bonchev–Trinajstić information content (AvgIpc) is 2.83. The Labute approximate surface area is 105 Å². The Kier molecular flexibility index (Phi) is 7.04. The number of nitrogens with two attached hydrogens (primary N) is 1. The maximum atomic E-state index is 5.99. The van der Waals surface area contributed by atoms with E-state index in [1.165, 1.54) is 25.7 Å². The first-order valence-corrected chi connectivity index (χ1v) is 6.81. The predicted octanol–water partition coefficient (Wildman–Crippen LogP) is 1.24. The maximum absolute atomic E-state index is 5.99. The van der Waals surface area contributed by atoms with Crippen LogP contribution in [0.2, 0.25) is 0 Å². The van der Waals surface area contributed by atoms with E-state index < -0.39 is 0 Å². The molecule has 1 saturated carbocycles. The predicted molar refractivity (Wildman–Crippen MR) is 70.2 cm³/mol. The summed E-state index contributed by atoms with van der Waals surface area (Å²) in [5.41, 5.74) is 6.24. The molecular formula is C13H28N2O2. The molecule has 0 aromatic rings. The number of nitrogens with zero attached hydrogens (tertiary/aromatic N) is 1. The van der Waals surface area contributed by atoms with Crippen LogP contribution in [0.25, 0.3) is 0 Å². The van der Waals surface area contributed by atoms with Crippen LogP contribution in [0.15, 0.2) is 0 Å². The van der Waals surface area contributed by atoms with Gasteiger partial charge in [-0.05, 0) is 19.4 Å². The Hall–Kier alpha value is -0.160. The molecule has 0 aliphatic heterocycles. The minimum absolute atomic E-state index is 0.249. The third-order valence-corrected chi connectivity index (χ3v) is 3.90. The van der Waals surface area contributed by atoms with Gasteiger partial charge in [0.2, 0.25) is 0 Å². The van der Waals surface area contributed by atoms with E-state index in [1.807, 2.05) is 0 Å². The Bertz CT molecular complexity index is 194. The van der Waals surface area contributed by atoms with Crippen LogP contribution in [-0.4, -0.2) is 57.0 Å². The molecular weight excluding hydrogens is 216 g/mol. The van der Waals surface area contributed by atoms with E-state index in [0.29, 0.717) is 13.2 Å². The van der Waals surface area contributed by atoms with E-state index in [2.05, 4.69) is 11.8 Å². The van der Waals surface area contributed by atoms with Gasteiger partial charge in [-0.3, -0.25) is 4.90 Å². The van der Waals surface area contributed by atoms with E-state index >= 15 is 0 Å². The van der Waals surface area contributed by atoms with Crippen molar-refractivity contribution in [3.63, 3.8) is 0 Å². The quantitative estimate of drug-likeness (QED) is 0.620. The van der Waals surface area contributed by atoms with Crippen molar-refractivity contribution >= 4 is 0 Å². The second-order valence-electron chi connectivity index (χ2n) is 4.82. The highest BCUT2D eigenvalue weighted by Gasteiger charge is 2.37.